The van der Waals surface area contributed by atoms with Gasteiger partial charge in [-0.1, -0.05) is 36.0 Å². The predicted octanol–water partition coefficient (Wildman–Crippen LogP) is 5.83. The fourth-order valence-corrected chi connectivity index (χ4v) is 3.54. The van der Waals surface area contributed by atoms with Crippen LogP contribution in [-0.4, -0.2) is 6.18 Å². The minimum Gasteiger partial charge on any atom is -0.166 e. The number of halogens is 3. The first-order valence-electron chi connectivity index (χ1n) is 5.53. The summed E-state index contributed by atoms with van der Waals surface area (Å²) in [6.07, 6.45) is -4.34. The van der Waals surface area contributed by atoms with E-state index in [1.807, 2.05) is 18.2 Å². The van der Waals surface area contributed by atoms with Crippen LogP contribution in [0, 0.1) is 0 Å². The lowest BCUT2D eigenvalue weighted by Gasteiger charge is -2.14. The maximum atomic E-state index is 13.2. The van der Waals surface area contributed by atoms with Gasteiger partial charge in [-0.2, -0.15) is 13.2 Å². The van der Waals surface area contributed by atoms with Gasteiger partial charge in [0.25, 0.3) is 0 Å². The zero-order valence-corrected chi connectivity index (χ0v) is 11.7. The quantitative estimate of drug-likeness (QED) is 0.642. The van der Waals surface area contributed by atoms with Gasteiger partial charge in [0.2, 0.25) is 0 Å². The van der Waals surface area contributed by atoms with Crippen LogP contribution in [0.2, 0.25) is 0 Å². The predicted molar refractivity (Wildman–Crippen MR) is 75.3 cm³/mol. The Labute approximate surface area is 118 Å². The van der Waals surface area contributed by atoms with Crippen molar-refractivity contribution in [1.29, 1.82) is 0 Å². The molecule has 0 nitrogen and oxygen atoms in total. The lowest BCUT2D eigenvalue weighted by molar-refractivity contribution is -0.0689. The standard InChI is InChI=1S/C14H11F3S2/c1-10(19-11-6-3-2-4-7-11)13(14(15,16)17)12-8-5-9-18-12/h2-9H,1H3/b13-10-. The zero-order valence-electron chi connectivity index (χ0n) is 10.1. The fourth-order valence-electron chi connectivity index (χ4n) is 1.65. The third-order valence-corrected chi connectivity index (χ3v) is 4.32. The minimum absolute atomic E-state index is 0.258. The van der Waals surface area contributed by atoms with E-state index in [4.69, 9.17) is 0 Å². The van der Waals surface area contributed by atoms with Crippen LogP contribution in [0.15, 0.2) is 57.6 Å². The van der Waals surface area contributed by atoms with Gasteiger partial charge in [-0.05, 0) is 30.5 Å². The highest BCUT2D eigenvalue weighted by Crippen LogP contribution is 2.43. The molecule has 0 N–H and O–H groups in total. The van der Waals surface area contributed by atoms with Crippen LogP contribution >= 0.6 is 23.1 Å². The molecule has 100 valence electrons. The molecule has 19 heavy (non-hydrogen) atoms. The highest BCUT2D eigenvalue weighted by molar-refractivity contribution is 8.03. The molecule has 2 rings (SSSR count). The zero-order chi connectivity index (χ0) is 13.9. The maximum Gasteiger partial charge on any atom is 0.418 e. The molecule has 0 atom stereocenters. The summed E-state index contributed by atoms with van der Waals surface area (Å²) >= 11 is 2.25. The first-order chi connectivity index (χ1) is 8.98. The molecular formula is C14H11F3S2. The molecule has 0 saturated heterocycles. The van der Waals surface area contributed by atoms with Gasteiger partial charge in [0, 0.05) is 14.7 Å². The van der Waals surface area contributed by atoms with Crippen molar-refractivity contribution in [2.45, 2.75) is 18.0 Å². The van der Waals surface area contributed by atoms with Crippen LogP contribution in [0.25, 0.3) is 5.57 Å². The lowest BCUT2D eigenvalue weighted by atomic mass is 10.2. The summed E-state index contributed by atoms with van der Waals surface area (Å²) in [4.78, 5) is 1.33. The maximum absolute atomic E-state index is 13.2. The summed E-state index contributed by atoms with van der Waals surface area (Å²) in [7, 11) is 0. The smallest absolute Gasteiger partial charge is 0.166 e. The Balaban J connectivity index is 2.39. The Morgan fingerprint density at radius 1 is 1.05 bits per heavy atom. The van der Waals surface area contributed by atoms with E-state index in [0.717, 1.165) is 28.0 Å². The van der Waals surface area contributed by atoms with E-state index in [1.54, 1.807) is 23.6 Å². The van der Waals surface area contributed by atoms with Gasteiger partial charge in [0.15, 0.2) is 0 Å². The number of hydrogen-bond donors (Lipinski definition) is 0. The Kier molecular flexibility index (Phi) is 4.37. The molecule has 0 fully saturated rings. The topological polar surface area (TPSA) is 0 Å². The Hall–Kier alpha value is -1.20. The number of thiophene rings is 1. The van der Waals surface area contributed by atoms with Crippen molar-refractivity contribution >= 4 is 28.7 Å². The molecule has 1 aromatic carbocycles. The van der Waals surface area contributed by atoms with Crippen molar-refractivity contribution in [3.05, 3.63) is 57.6 Å². The molecule has 2 aromatic rings. The van der Waals surface area contributed by atoms with Gasteiger partial charge in [-0.3, -0.25) is 0 Å². The van der Waals surface area contributed by atoms with Gasteiger partial charge in [0.1, 0.15) is 0 Å². The van der Waals surface area contributed by atoms with Crippen LogP contribution in [0.3, 0.4) is 0 Å². The third-order valence-electron chi connectivity index (χ3n) is 2.42. The fraction of sp³-hybridized carbons (Fsp3) is 0.143. The van der Waals surface area contributed by atoms with E-state index in [-0.39, 0.29) is 9.78 Å². The van der Waals surface area contributed by atoms with Gasteiger partial charge in [-0.15, -0.1) is 11.3 Å². The van der Waals surface area contributed by atoms with E-state index < -0.39 is 11.7 Å². The molecule has 0 aliphatic rings. The van der Waals surface area contributed by atoms with Gasteiger partial charge in [0.05, 0.1) is 5.57 Å². The molecule has 0 aliphatic carbocycles. The molecule has 1 heterocycles. The summed E-state index contributed by atoms with van der Waals surface area (Å²) in [5.74, 6) is 0. The molecule has 0 spiro atoms. The van der Waals surface area contributed by atoms with Gasteiger partial charge >= 0.3 is 6.18 Å². The SMILES string of the molecule is C/C(Sc1ccccc1)=C(\c1cccs1)C(F)(F)F. The molecule has 0 unspecified atom stereocenters. The van der Waals surface area contributed by atoms with Crippen molar-refractivity contribution in [3.63, 3.8) is 0 Å². The summed E-state index contributed by atoms with van der Waals surface area (Å²) in [6.45, 7) is 1.51. The third kappa shape index (κ3) is 3.64. The number of allylic oxidation sites excluding steroid dienone is 2. The lowest BCUT2D eigenvalue weighted by Crippen LogP contribution is -2.11. The Bertz CT molecular complexity index is 554. The normalized spacial score (nSPS) is 13.3. The number of alkyl halides is 3. The van der Waals surface area contributed by atoms with Crippen molar-refractivity contribution in [2.75, 3.05) is 0 Å². The van der Waals surface area contributed by atoms with Crippen molar-refractivity contribution in [3.8, 4) is 0 Å². The van der Waals surface area contributed by atoms with Crippen LogP contribution in [0.5, 0.6) is 0 Å². The monoisotopic (exact) mass is 300 g/mol. The molecule has 0 radical (unpaired) electrons. The Morgan fingerprint density at radius 2 is 1.74 bits per heavy atom. The molecular weight excluding hydrogens is 289 g/mol. The van der Waals surface area contributed by atoms with Crippen molar-refractivity contribution < 1.29 is 13.2 Å². The van der Waals surface area contributed by atoms with Gasteiger partial charge in [-0.25, -0.2) is 0 Å². The average Bonchev–Trinajstić information content (AvgIpc) is 2.82. The molecule has 0 aliphatic heterocycles. The summed E-state index contributed by atoms with van der Waals surface area (Å²) in [5, 5.41) is 1.65. The molecule has 1 aromatic heterocycles. The van der Waals surface area contributed by atoms with Crippen molar-refractivity contribution in [1.82, 2.24) is 0 Å². The number of benzene rings is 1. The van der Waals surface area contributed by atoms with Crippen LogP contribution in [-0.2, 0) is 0 Å². The van der Waals surface area contributed by atoms with E-state index in [2.05, 4.69) is 0 Å². The highest BCUT2D eigenvalue weighted by atomic mass is 32.2. The largest absolute Gasteiger partial charge is 0.418 e. The second-order valence-electron chi connectivity index (χ2n) is 3.82. The second kappa shape index (κ2) is 5.84. The number of hydrogen-bond acceptors (Lipinski definition) is 2. The van der Waals surface area contributed by atoms with Crippen LogP contribution in [0.1, 0.15) is 11.8 Å². The van der Waals surface area contributed by atoms with E-state index in [9.17, 15) is 13.2 Å². The van der Waals surface area contributed by atoms with Gasteiger partial charge < -0.3 is 0 Å². The first kappa shape index (κ1) is 14.2. The molecule has 0 bridgehead atoms. The number of rotatable bonds is 3. The molecule has 0 saturated carbocycles. The van der Waals surface area contributed by atoms with Crippen LogP contribution < -0.4 is 0 Å². The molecule has 0 amide bonds. The first-order valence-corrected chi connectivity index (χ1v) is 7.23. The minimum atomic E-state index is -4.34. The van der Waals surface area contributed by atoms with E-state index in [1.165, 1.54) is 13.0 Å². The summed E-state index contributed by atoms with van der Waals surface area (Å²) < 4.78 is 39.5. The highest BCUT2D eigenvalue weighted by Gasteiger charge is 2.37. The van der Waals surface area contributed by atoms with Crippen LogP contribution in [0.4, 0.5) is 13.2 Å². The van der Waals surface area contributed by atoms with E-state index >= 15 is 0 Å². The van der Waals surface area contributed by atoms with Crippen molar-refractivity contribution in [2.24, 2.45) is 0 Å². The number of thioether (sulfide) groups is 1. The summed E-state index contributed by atoms with van der Waals surface area (Å²) in [6, 6.07) is 12.2. The van der Waals surface area contributed by atoms with E-state index in [0.29, 0.717) is 0 Å². The second-order valence-corrected chi connectivity index (χ2v) is 6.06. The average molecular weight is 300 g/mol. The summed E-state index contributed by atoms with van der Waals surface area (Å²) in [5.41, 5.74) is -0.545. The molecule has 5 heteroatoms. The Morgan fingerprint density at radius 3 is 2.26 bits per heavy atom.